The first-order valence-electron chi connectivity index (χ1n) is 9.38. The first-order valence-corrected chi connectivity index (χ1v) is 9.38. The Morgan fingerprint density at radius 2 is 1.29 bits per heavy atom. The van der Waals surface area contributed by atoms with Crippen molar-refractivity contribution in [2.75, 3.05) is 0 Å². The average molecular weight is 361 g/mol. The summed E-state index contributed by atoms with van der Waals surface area (Å²) < 4.78 is 0. The molecule has 0 spiro atoms. The van der Waals surface area contributed by atoms with Crippen LogP contribution in [0.4, 0.5) is 0 Å². The number of nitrogens with one attached hydrogen (secondary N) is 1. The Morgan fingerprint density at radius 1 is 0.607 bits per heavy atom. The Hall–Kier alpha value is -3.72. The molecule has 0 amide bonds. The van der Waals surface area contributed by atoms with Gasteiger partial charge >= 0.3 is 0 Å². The number of hydrogen-bond acceptors (Lipinski definition) is 3. The minimum atomic E-state index is -0.133. The number of amidine groups is 1. The van der Waals surface area contributed by atoms with E-state index in [0.29, 0.717) is 0 Å². The molecule has 1 aliphatic heterocycles. The van der Waals surface area contributed by atoms with Gasteiger partial charge in [0.2, 0.25) is 0 Å². The van der Waals surface area contributed by atoms with E-state index in [1.54, 1.807) is 6.34 Å². The van der Waals surface area contributed by atoms with E-state index in [9.17, 15) is 0 Å². The van der Waals surface area contributed by atoms with Crippen molar-refractivity contribution in [3.05, 3.63) is 108 Å². The molecule has 0 radical (unpaired) electrons. The van der Waals surface area contributed by atoms with Gasteiger partial charge in [-0.15, -0.1) is 0 Å². The minimum Gasteiger partial charge on any atom is -0.351 e. The van der Waals surface area contributed by atoms with Gasteiger partial charge in [-0.2, -0.15) is 0 Å². The van der Waals surface area contributed by atoms with Gasteiger partial charge in [-0.25, -0.2) is 9.98 Å². The van der Waals surface area contributed by atoms with E-state index in [-0.39, 0.29) is 6.17 Å². The van der Waals surface area contributed by atoms with Gasteiger partial charge in [0.15, 0.2) is 5.84 Å². The van der Waals surface area contributed by atoms with E-state index in [4.69, 9.17) is 4.99 Å². The van der Waals surface area contributed by atoms with Gasteiger partial charge in [-0.1, -0.05) is 91.0 Å². The lowest BCUT2D eigenvalue weighted by Crippen LogP contribution is -2.24. The van der Waals surface area contributed by atoms with E-state index in [0.717, 1.165) is 17.0 Å². The standard InChI is InChI=1S/C25H19N3/c1-2-6-18(7-3-1)20-10-13-21(14-11-20)24-26-17-27-25(28-24)23-15-12-19-8-4-5-9-22(19)16-23/h1-17,25H,(H,26,27,28). The monoisotopic (exact) mass is 361 g/mol. The molecule has 0 aliphatic carbocycles. The van der Waals surface area contributed by atoms with Gasteiger partial charge in [0.05, 0.1) is 6.34 Å². The maximum absolute atomic E-state index is 4.84. The summed E-state index contributed by atoms with van der Waals surface area (Å²) in [6, 6.07) is 33.6. The lowest BCUT2D eigenvalue weighted by molar-refractivity contribution is 0.685. The van der Waals surface area contributed by atoms with Crippen LogP contribution in [-0.2, 0) is 0 Å². The number of rotatable bonds is 3. The third-order valence-corrected chi connectivity index (χ3v) is 5.01. The molecule has 0 fully saturated rings. The Kier molecular flexibility index (Phi) is 4.19. The summed E-state index contributed by atoms with van der Waals surface area (Å²) in [6.07, 6.45) is 1.61. The first kappa shape index (κ1) is 16.5. The molecule has 1 aliphatic rings. The third kappa shape index (κ3) is 3.19. The molecule has 0 bridgehead atoms. The van der Waals surface area contributed by atoms with Gasteiger partial charge in [-0.3, -0.25) is 0 Å². The Morgan fingerprint density at radius 3 is 2.11 bits per heavy atom. The van der Waals surface area contributed by atoms with Gasteiger partial charge in [0, 0.05) is 5.56 Å². The zero-order valence-corrected chi connectivity index (χ0v) is 15.3. The molecule has 3 nitrogen and oxygen atoms in total. The van der Waals surface area contributed by atoms with Crippen molar-refractivity contribution in [2.24, 2.45) is 9.98 Å². The zero-order chi connectivity index (χ0) is 18.8. The van der Waals surface area contributed by atoms with Crippen LogP contribution >= 0.6 is 0 Å². The smallest absolute Gasteiger partial charge is 0.158 e. The molecule has 3 heteroatoms. The van der Waals surface area contributed by atoms with Crippen LogP contribution in [0.15, 0.2) is 107 Å². The molecule has 134 valence electrons. The molecular weight excluding hydrogens is 342 g/mol. The van der Waals surface area contributed by atoms with Crippen LogP contribution in [0.5, 0.6) is 0 Å². The second-order valence-corrected chi connectivity index (χ2v) is 6.83. The van der Waals surface area contributed by atoms with Gasteiger partial charge in [-0.05, 0) is 33.5 Å². The molecule has 5 rings (SSSR count). The largest absolute Gasteiger partial charge is 0.351 e. The van der Waals surface area contributed by atoms with Crippen LogP contribution in [0.25, 0.3) is 21.9 Å². The second-order valence-electron chi connectivity index (χ2n) is 6.83. The quantitative estimate of drug-likeness (QED) is 0.508. The molecule has 0 saturated heterocycles. The molecule has 1 atom stereocenters. The van der Waals surface area contributed by atoms with Crippen LogP contribution in [-0.4, -0.2) is 12.2 Å². The van der Waals surface area contributed by atoms with Crippen molar-refractivity contribution in [1.82, 2.24) is 5.32 Å². The topological polar surface area (TPSA) is 36.8 Å². The highest BCUT2D eigenvalue weighted by molar-refractivity contribution is 6.04. The third-order valence-electron chi connectivity index (χ3n) is 5.01. The average Bonchev–Trinajstić information content (AvgIpc) is 2.79. The van der Waals surface area contributed by atoms with E-state index in [2.05, 4.69) is 101 Å². The van der Waals surface area contributed by atoms with E-state index in [1.165, 1.54) is 21.9 Å². The summed E-state index contributed by atoms with van der Waals surface area (Å²) in [7, 11) is 0. The molecule has 0 saturated carbocycles. The second kappa shape index (κ2) is 7.12. The summed E-state index contributed by atoms with van der Waals surface area (Å²) in [5.74, 6) is 0.747. The van der Waals surface area contributed by atoms with Crippen LogP contribution in [0.3, 0.4) is 0 Å². The fourth-order valence-corrected chi connectivity index (χ4v) is 3.50. The van der Waals surface area contributed by atoms with Gasteiger partial charge in [0.1, 0.15) is 6.17 Å². The lowest BCUT2D eigenvalue weighted by Gasteiger charge is -2.18. The van der Waals surface area contributed by atoms with Crippen LogP contribution in [0.1, 0.15) is 17.3 Å². The minimum absolute atomic E-state index is 0.133. The summed E-state index contributed by atoms with van der Waals surface area (Å²) in [6.45, 7) is 0. The molecule has 4 aromatic rings. The first-order chi connectivity index (χ1) is 13.9. The van der Waals surface area contributed by atoms with Crippen molar-refractivity contribution >= 4 is 22.9 Å². The number of nitrogens with zero attached hydrogens (tertiary/aromatic N) is 2. The van der Waals surface area contributed by atoms with Gasteiger partial charge < -0.3 is 5.32 Å². The van der Waals surface area contributed by atoms with Crippen LogP contribution < -0.4 is 5.32 Å². The highest BCUT2D eigenvalue weighted by Crippen LogP contribution is 2.24. The Balaban J connectivity index is 1.44. The van der Waals surface area contributed by atoms with E-state index >= 15 is 0 Å². The Bertz CT molecular complexity index is 1180. The highest BCUT2D eigenvalue weighted by Gasteiger charge is 2.15. The van der Waals surface area contributed by atoms with E-state index in [1.807, 2.05) is 6.07 Å². The van der Waals surface area contributed by atoms with Crippen molar-refractivity contribution in [2.45, 2.75) is 6.17 Å². The zero-order valence-electron chi connectivity index (χ0n) is 15.3. The molecule has 1 heterocycles. The Labute approximate surface area is 164 Å². The fraction of sp³-hybridized carbons (Fsp3) is 0.0400. The molecule has 28 heavy (non-hydrogen) atoms. The summed E-state index contributed by atoms with van der Waals surface area (Å²) in [4.78, 5) is 9.29. The fourth-order valence-electron chi connectivity index (χ4n) is 3.50. The highest BCUT2D eigenvalue weighted by atomic mass is 15.2. The number of fused-ring (bicyclic) bond motifs is 1. The van der Waals surface area contributed by atoms with Crippen molar-refractivity contribution in [3.63, 3.8) is 0 Å². The SMILES string of the molecule is C1=NC(c2ccc(-c3ccccc3)cc2)=NC(c2ccc3ccccc3c2)N1. The molecule has 1 unspecified atom stereocenters. The molecule has 0 aromatic heterocycles. The molecular formula is C25H19N3. The maximum Gasteiger partial charge on any atom is 0.158 e. The predicted molar refractivity (Wildman–Crippen MR) is 117 cm³/mol. The number of benzene rings is 4. The van der Waals surface area contributed by atoms with Crippen molar-refractivity contribution in [1.29, 1.82) is 0 Å². The van der Waals surface area contributed by atoms with Crippen molar-refractivity contribution < 1.29 is 0 Å². The molecule has 1 N–H and O–H groups in total. The molecule has 4 aromatic carbocycles. The normalized spacial score (nSPS) is 15.9. The summed E-state index contributed by atoms with van der Waals surface area (Å²) >= 11 is 0. The summed E-state index contributed by atoms with van der Waals surface area (Å²) in [5.41, 5.74) is 4.54. The number of hydrogen-bond donors (Lipinski definition) is 1. The van der Waals surface area contributed by atoms with E-state index < -0.39 is 0 Å². The van der Waals surface area contributed by atoms with Crippen molar-refractivity contribution in [3.8, 4) is 11.1 Å². The predicted octanol–water partition coefficient (Wildman–Crippen LogP) is 5.58. The number of aliphatic imine (C=N–C) groups is 2. The van der Waals surface area contributed by atoms with Crippen LogP contribution in [0, 0.1) is 0 Å². The van der Waals surface area contributed by atoms with Crippen LogP contribution in [0.2, 0.25) is 0 Å². The maximum atomic E-state index is 4.84. The lowest BCUT2D eigenvalue weighted by atomic mass is 10.0. The summed E-state index contributed by atoms with van der Waals surface area (Å²) in [5, 5.41) is 5.71. The van der Waals surface area contributed by atoms with Gasteiger partial charge in [0.25, 0.3) is 0 Å².